The van der Waals surface area contributed by atoms with Crippen molar-refractivity contribution in [2.24, 2.45) is 0 Å². The normalized spacial score (nSPS) is 20.3. The molecule has 0 aromatic heterocycles. The summed E-state index contributed by atoms with van der Waals surface area (Å²) >= 11 is 5.99. The van der Waals surface area contributed by atoms with E-state index >= 15 is 0 Å². The van der Waals surface area contributed by atoms with Crippen LogP contribution in [0.2, 0.25) is 5.02 Å². The summed E-state index contributed by atoms with van der Waals surface area (Å²) in [5, 5.41) is 0.409. The Kier molecular flexibility index (Phi) is 4.59. The number of hydrogen-bond donors (Lipinski definition) is 0. The van der Waals surface area contributed by atoms with Crippen LogP contribution in [0, 0.1) is 0 Å². The molecule has 0 amide bonds. The molecule has 0 saturated heterocycles. The van der Waals surface area contributed by atoms with Crippen molar-refractivity contribution in [2.45, 2.75) is 30.7 Å². The van der Waals surface area contributed by atoms with Crippen molar-refractivity contribution in [2.75, 3.05) is 19.8 Å². The first kappa shape index (κ1) is 17.6. The standard InChI is InChI=1S/C19H20ClNO4S/c1-13-17-12-19-18(24-8-3-9-25-19)10-14(17)6-7-21(13)26(22,23)16-5-2-4-15(20)11-16/h2,4-5,10-13H,3,6-9H2,1H3. The number of nitrogens with zero attached hydrogens (tertiary/aromatic N) is 1. The van der Waals surface area contributed by atoms with Crippen molar-refractivity contribution in [3.05, 3.63) is 52.5 Å². The van der Waals surface area contributed by atoms with E-state index in [1.165, 1.54) is 10.4 Å². The van der Waals surface area contributed by atoms with Gasteiger partial charge in [-0.05, 0) is 54.8 Å². The van der Waals surface area contributed by atoms with E-state index in [1.807, 2.05) is 19.1 Å². The highest BCUT2D eigenvalue weighted by molar-refractivity contribution is 7.89. The molecule has 0 fully saturated rings. The molecule has 0 saturated carbocycles. The van der Waals surface area contributed by atoms with E-state index in [9.17, 15) is 8.42 Å². The minimum absolute atomic E-state index is 0.217. The second-order valence-electron chi connectivity index (χ2n) is 6.55. The van der Waals surface area contributed by atoms with Gasteiger partial charge in [-0.1, -0.05) is 17.7 Å². The molecule has 26 heavy (non-hydrogen) atoms. The number of rotatable bonds is 2. The first-order valence-corrected chi connectivity index (χ1v) is 10.5. The number of ether oxygens (including phenoxy) is 2. The fourth-order valence-electron chi connectivity index (χ4n) is 3.54. The Bertz CT molecular complexity index is 945. The van der Waals surface area contributed by atoms with Crippen LogP contribution in [0.25, 0.3) is 0 Å². The van der Waals surface area contributed by atoms with Gasteiger partial charge in [0.05, 0.1) is 18.1 Å². The molecule has 0 spiro atoms. The van der Waals surface area contributed by atoms with Gasteiger partial charge in [-0.25, -0.2) is 8.42 Å². The lowest BCUT2D eigenvalue weighted by atomic mass is 9.94. The highest BCUT2D eigenvalue weighted by Gasteiger charge is 2.35. The van der Waals surface area contributed by atoms with Crippen LogP contribution in [0.5, 0.6) is 11.5 Å². The average Bonchev–Trinajstić information content (AvgIpc) is 2.85. The highest BCUT2D eigenvalue weighted by Crippen LogP contribution is 2.40. The lowest BCUT2D eigenvalue weighted by Gasteiger charge is -2.34. The molecule has 1 atom stereocenters. The number of halogens is 1. The van der Waals surface area contributed by atoms with Crippen LogP contribution in [-0.4, -0.2) is 32.5 Å². The zero-order valence-corrected chi connectivity index (χ0v) is 16.0. The molecule has 2 aromatic carbocycles. The quantitative estimate of drug-likeness (QED) is 0.778. The zero-order valence-electron chi connectivity index (χ0n) is 14.4. The molecule has 2 aromatic rings. The lowest BCUT2D eigenvalue weighted by Crippen LogP contribution is -2.38. The largest absolute Gasteiger partial charge is 0.490 e. The van der Waals surface area contributed by atoms with Crippen LogP contribution >= 0.6 is 11.6 Å². The van der Waals surface area contributed by atoms with Crippen molar-refractivity contribution in [3.8, 4) is 11.5 Å². The van der Waals surface area contributed by atoms with Crippen molar-refractivity contribution >= 4 is 21.6 Å². The van der Waals surface area contributed by atoms with Gasteiger partial charge < -0.3 is 9.47 Å². The van der Waals surface area contributed by atoms with Crippen molar-refractivity contribution in [3.63, 3.8) is 0 Å². The summed E-state index contributed by atoms with van der Waals surface area (Å²) in [5.41, 5.74) is 2.07. The maximum atomic E-state index is 13.1. The monoisotopic (exact) mass is 393 g/mol. The van der Waals surface area contributed by atoms with Gasteiger partial charge in [0.1, 0.15) is 0 Å². The smallest absolute Gasteiger partial charge is 0.243 e. The summed E-state index contributed by atoms with van der Waals surface area (Å²) in [5.74, 6) is 1.44. The van der Waals surface area contributed by atoms with Crippen LogP contribution in [0.3, 0.4) is 0 Å². The van der Waals surface area contributed by atoms with Gasteiger partial charge in [-0.2, -0.15) is 4.31 Å². The van der Waals surface area contributed by atoms with E-state index in [4.69, 9.17) is 21.1 Å². The highest BCUT2D eigenvalue weighted by atomic mass is 35.5. The van der Waals surface area contributed by atoms with E-state index in [0.29, 0.717) is 37.0 Å². The number of fused-ring (bicyclic) bond motifs is 2. The van der Waals surface area contributed by atoms with Crippen LogP contribution in [-0.2, 0) is 16.4 Å². The summed E-state index contributed by atoms with van der Waals surface area (Å²) in [6.45, 7) is 3.56. The van der Waals surface area contributed by atoms with E-state index in [-0.39, 0.29) is 10.9 Å². The second-order valence-corrected chi connectivity index (χ2v) is 8.87. The number of benzene rings is 2. The molecule has 0 N–H and O–H groups in total. The molecule has 1 unspecified atom stereocenters. The van der Waals surface area contributed by atoms with E-state index in [1.54, 1.807) is 18.2 Å². The first-order valence-electron chi connectivity index (χ1n) is 8.66. The summed E-state index contributed by atoms with van der Waals surface area (Å²) in [4.78, 5) is 0.217. The van der Waals surface area contributed by atoms with Gasteiger partial charge in [0, 0.05) is 24.0 Å². The molecule has 0 bridgehead atoms. The van der Waals surface area contributed by atoms with Crippen LogP contribution in [0.4, 0.5) is 0 Å². The van der Waals surface area contributed by atoms with Gasteiger partial charge in [-0.3, -0.25) is 0 Å². The van der Waals surface area contributed by atoms with Gasteiger partial charge in [0.15, 0.2) is 11.5 Å². The molecule has 2 heterocycles. The SMILES string of the molecule is CC1c2cc3c(cc2CCN1S(=O)(=O)c1cccc(Cl)c1)OCCCO3. The summed E-state index contributed by atoms with van der Waals surface area (Å²) in [7, 11) is -3.63. The fourth-order valence-corrected chi connectivity index (χ4v) is 5.46. The zero-order chi connectivity index (χ0) is 18.3. The van der Waals surface area contributed by atoms with E-state index in [0.717, 1.165) is 23.3 Å². The number of sulfonamides is 1. The molecule has 138 valence electrons. The number of hydrogen-bond acceptors (Lipinski definition) is 4. The Morgan fingerprint density at radius 2 is 1.85 bits per heavy atom. The molecule has 2 aliphatic heterocycles. The predicted molar refractivity (Wildman–Crippen MR) is 99.5 cm³/mol. The third kappa shape index (κ3) is 3.06. The third-order valence-electron chi connectivity index (χ3n) is 4.90. The summed E-state index contributed by atoms with van der Waals surface area (Å²) in [6, 6.07) is 10.0. The molecule has 0 radical (unpaired) electrons. The maximum Gasteiger partial charge on any atom is 0.243 e. The molecular weight excluding hydrogens is 374 g/mol. The van der Waals surface area contributed by atoms with E-state index < -0.39 is 10.0 Å². The molecule has 2 aliphatic rings. The van der Waals surface area contributed by atoms with Gasteiger partial charge in [0.2, 0.25) is 10.0 Å². The van der Waals surface area contributed by atoms with Gasteiger partial charge >= 0.3 is 0 Å². The van der Waals surface area contributed by atoms with Crippen molar-refractivity contribution in [1.82, 2.24) is 4.31 Å². The third-order valence-corrected chi connectivity index (χ3v) is 7.10. The Hall–Kier alpha value is -1.76. The topological polar surface area (TPSA) is 55.8 Å². The predicted octanol–water partition coefficient (Wildman–Crippen LogP) is 3.81. The minimum atomic E-state index is -3.63. The Morgan fingerprint density at radius 3 is 2.58 bits per heavy atom. The summed E-state index contributed by atoms with van der Waals surface area (Å²) in [6.07, 6.45) is 1.47. The maximum absolute atomic E-state index is 13.1. The van der Waals surface area contributed by atoms with Crippen molar-refractivity contribution in [1.29, 1.82) is 0 Å². The second kappa shape index (κ2) is 6.76. The van der Waals surface area contributed by atoms with Gasteiger partial charge in [-0.15, -0.1) is 0 Å². The minimum Gasteiger partial charge on any atom is -0.490 e. The Balaban J connectivity index is 1.72. The molecular formula is C19H20ClNO4S. The molecule has 0 aliphatic carbocycles. The molecule has 4 rings (SSSR count). The fraction of sp³-hybridized carbons (Fsp3) is 0.368. The van der Waals surface area contributed by atoms with Crippen LogP contribution in [0.1, 0.15) is 30.5 Å². The average molecular weight is 394 g/mol. The summed E-state index contributed by atoms with van der Waals surface area (Å²) < 4.78 is 39.3. The van der Waals surface area contributed by atoms with E-state index in [2.05, 4.69) is 0 Å². The molecule has 5 nitrogen and oxygen atoms in total. The Morgan fingerprint density at radius 1 is 1.12 bits per heavy atom. The Labute approximate surface area is 158 Å². The first-order chi connectivity index (χ1) is 12.5. The van der Waals surface area contributed by atoms with Crippen LogP contribution < -0.4 is 9.47 Å². The molecule has 7 heteroatoms. The van der Waals surface area contributed by atoms with Crippen LogP contribution in [0.15, 0.2) is 41.3 Å². The lowest BCUT2D eigenvalue weighted by molar-refractivity contribution is 0.296. The van der Waals surface area contributed by atoms with Crippen molar-refractivity contribution < 1.29 is 17.9 Å². The van der Waals surface area contributed by atoms with Gasteiger partial charge in [0.25, 0.3) is 0 Å².